The van der Waals surface area contributed by atoms with E-state index >= 15 is 0 Å². The number of esters is 2. The molecule has 0 bridgehead atoms. The third-order valence-corrected chi connectivity index (χ3v) is 13.4. The molecule has 2 fully saturated rings. The van der Waals surface area contributed by atoms with Crippen LogP contribution < -0.4 is 0 Å². The van der Waals surface area contributed by atoms with Gasteiger partial charge in [-0.2, -0.15) is 0 Å². The zero-order valence-corrected chi connectivity index (χ0v) is 24.2. The van der Waals surface area contributed by atoms with Gasteiger partial charge in [0.15, 0.2) is 0 Å². The molecule has 1 radical (unpaired) electrons. The average molecular weight is 624 g/mol. The fraction of sp³-hybridized carbons (Fsp3) is 0.667. The van der Waals surface area contributed by atoms with Crippen molar-refractivity contribution in [1.29, 1.82) is 0 Å². The third kappa shape index (κ3) is 10.1. The van der Waals surface area contributed by atoms with E-state index in [2.05, 4.69) is 52.0 Å². The smallest absolute Gasteiger partial charge is 0.418 e. The summed E-state index contributed by atoms with van der Waals surface area (Å²) in [6, 6.07) is 0. The normalized spacial score (nSPS) is 29.5. The molecule has 0 aromatic rings. The molecular weight excluding hydrogens is 588 g/mol. The molecule has 0 saturated carbocycles. The molecule has 0 N–H and O–H groups in total. The number of carbonyl (C=O) groups excluding carboxylic acids is 2. The van der Waals surface area contributed by atoms with Gasteiger partial charge in [0.1, 0.15) is 0 Å². The Hall–Kier alpha value is -0.372. The summed E-state index contributed by atoms with van der Waals surface area (Å²) in [4.78, 5) is 24.7. The van der Waals surface area contributed by atoms with E-state index in [0.29, 0.717) is 22.6 Å². The summed E-state index contributed by atoms with van der Waals surface area (Å²) in [5.41, 5.74) is 2.17. The van der Waals surface area contributed by atoms with Gasteiger partial charge in [0, 0.05) is 19.5 Å². The van der Waals surface area contributed by atoms with Crippen molar-refractivity contribution in [3.05, 3.63) is 34.9 Å². The summed E-state index contributed by atoms with van der Waals surface area (Å²) in [6.07, 6.45) is 18.7. The molecule has 0 amide bonds. The standard InChI is InChI=1S/C16H24O3P2.C8H12.BF4.Rh/c1-9-5-6-10(2)20(9)13-14(16(18)19-15(13)17)21-11(3)7-8-12(21)4;1-2-4-6-8-7-5-3-1;2-1(3,4)5;/h9-12H,5-8H2,1-4H3;1-4H,5-8H2;;/q;;-1;/t9-,10-,11-,12-;;;/m1.../s1. The Labute approximate surface area is 222 Å². The predicted molar refractivity (Wildman–Crippen MR) is 135 cm³/mol. The minimum atomic E-state index is -6.00. The van der Waals surface area contributed by atoms with Gasteiger partial charge in [-0.25, -0.2) is 9.59 Å². The first-order valence-electron chi connectivity index (χ1n) is 12.2. The molecule has 4 aliphatic rings. The monoisotopic (exact) mass is 624 g/mol. The topological polar surface area (TPSA) is 43.4 Å². The fourth-order valence-electron chi connectivity index (χ4n) is 4.98. The number of ether oxygens (including phenoxy) is 1. The van der Waals surface area contributed by atoms with Crippen molar-refractivity contribution in [2.24, 2.45) is 0 Å². The fourth-order valence-corrected chi connectivity index (χ4v) is 12.1. The Kier molecular flexibility index (Phi) is 14.1. The van der Waals surface area contributed by atoms with Gasteiger partial charge >= 0.3 is 19.2 Å². The van der Waals surface area contributed by atoms with Gasteiger partial charge in [-0.15, -0.1) is 0 Å². The first-order valence-corrected chi connectivity index (χ1v) is 15.1. The van der Waals surface area contributed by atoms with Gasteiger partial charge in [0.25, 0.3) is 0 Å². The molecule has 0 spiro atoms. The number of halogens is 4. The van der Waals surface area contributed by atoms with Crippen LogP contribution in [-0.4, -0.2) is 41.8 Å². The van der Waals surface area contributed by atoms with Crippen molar-refractivity contribution in [1.82, 2.24) is 0 Å². The maximum absolute atomic E-state index is 12.4. The molecule has 3 heterocycles. The summed E-state index contributed by atoms with van der Waals surface area (Å²) in [7, 11) is -7.06. The molecule has 1 aliphatic carbocycles. The van der Waals surface area contributed by atoms with Crippen molar-refractivity contribution in [2.75, 3.05) is 0 Å². The maximum Gasteiger partial charge on any atom is 0.673 e. The second-order valence-corrected chi connectivity index (χ2v) is 15.4. The van der Waals surface area contributed by atoms with E-state index in [9.17, 15) is 26.9 Å². The molecule has 4 rings (SSSR count). The average Bonchev–Trinajstić information content (AvgIpc) is 3.28. The molecule has 2 saturated heterocycles. The largest absolute Gasteiger partial charge is 0.673 e. The van der Waals surface area contributed by atoms with Crippen molar-refractivity contribution in [2.45, 2.75) is 102 Å². The second-order valence-electron chi connectivity index (χ2n) is 9.38. The van der Waals surface area contributed by atoms with Crippen molar-refractivity contribution < 1.29 is 51.1 Å². The summed E-state index contributed by atoms with van der Waals surface area (Å²) >= 11 is 0. The second kappa shape index (κ2) is 15.1. The van der Waals surface area contributed by atoms with Gasteiger partial charge in [0.05, 0.1) is 10.6 Å². The van der Waals surface area contributed by atoms with Gasteiger partial charge in [0.2, 0.25) is 0 Å². The molecule has 3 nitrogen and oxygen atoms in total. The van der Waals surface area contributed by atoms with Crippen LogP contribution in [0.15, 0.2) is 34.9 Å². The third-order valence-electron chi connectivity index (χ3n) is 6.59. The van der Waals surface area contributed by atoms with Crippen molar-refractivity contribution in [3.8, 4) is 0 Å². The van der Waals surface area contributed by atoms with Gasteiger partial charge in [-0.1, -0.05) is 67.8 Å². The number of rotatable bonds is 2. The van der Waals surface area contributed by atoms with Crippen LogP contribution >= 0.6 is 15.8 Å². The number of hydrogen-bond acceptors (Lipinski definition) is 3. The Balaban J connectivity index is 0.000000363. The molecular formula is C24H36BF4O3P2Rh-. The molecule has 11 heteroatoms. The maximum atomic E-state index is 12.4. The van der Waals surface area contributed by atoms with E-state index < -0.39 is 23.1 Å². The number of cyclic esters (lactones) is 2. The van der Waals surface area contributed by atoms with Crippen molar-refractivity contribution >= 4 is 35.0 Å². The van der Waals surface area contributed by atoms with Crippen LogP contribution in [0.1, 0.15) is 79.1 Å². The predicted octanol–water partition coefficient (Wildman–Crippen LogP) is 8.36. The van der Waals surface area contributed by atoms with Gasteiger partial charge in [-0.05, 0) is 74.0 Å². The summed E-state index contributed by atoms with van der Waals surface area (Å²) in [5.74, 6) is -0.619. The number of carbonyl (C=O) groups is 2. The molecule has 0 aromatic carbocycles. The Morgan fingerprint density at radius 1 is 0.714 bits per heavy atom. The van der Waals surface area contributed by atoms with Crippen LogP contribution in [0, 0.1) is 0 Å². The Bertz CT molecular complexity index is 735. The van der Waals surface area contributed by atoms with Crippen LogP contribution in [0.4, 0.5) is 17.3 Å². The quantitative estimate of drug-likeness (QED) is 0.102. The van der Waals surface area contributed by atoms with Gasteiger partial charge in [-0.3, -0.25) is 0 Å². The number of hydrogen-bond donors (Lipinski definition) is 0. The van der Waals surface area contributed by atoms with Crippen LogP contribution in [0.2, 0.25) is 0 Å². The van der Waals surface area contributed by atoms with E-state index in [4.69, 9.17) is 4.74 Å². The minimum absolute atomic E-state index is 0. The van der Waals surface area contributed by atoms with Crippen molar-refractivity contribution in [3.63, 3.8) is 0 Å². The molecule has 4 atom stereocenters. The van der Waals surface area contributed by atoms with Gasteiger partial charge < -0.3 is 22.0 Å². The van der Waals surface area contributed by atoms with E-state index in [1.165, 1.54) is 51.4 Å². The Morgan fingerprint density at radius 3 is 1.29 bits per heavy atom. The van der Waals surface area contributed by atoms with E-state index in [1.807, 2.05) is 0 Å². The summed E-state index contributed by atoms with van der Waals surface area (Å²) in [5, 5.41) is 1.67. The molecule has 35 heavy (non-hydrogen) atoms. The first kappa shape index (κ1) is 32.7. The summed E-state index contributed by atoms with van der Waals surface area (Å²) < 4.78 is 44.1. The zero-order valence-electron chi connectivity index (χ0n) is 20.8. The van der Waals surface area contributed by atoms with E-state index in [-0.39, 0.29) is 31.4 Å². The molecule has 0 unspecified atom stereocenters. The van der Waals surface area contributed by atoms with Crippen LogP contribution in [0.5, 0.6) is 0 Å². The van der Waals surface area contributed by atoms with E-state index in [0.717, 1.165) is 10.6 Å². The zero-order chi connectivity index (χ0) is 25.5. The molecule has 201 valence electrons. The van der Waals surface area contributed by atoms with Crippen LogP contribution in [-0.2, 0) is 33.8 Å². The SMILES string of the molecule is C1=CCCCCC=C1.C[C@@H]1CC[C@@H](C)P1C1=C(P2[C@H](C)CC[C@H]2C)C(=O)OC1=O.F[B-](F)(F)F.[Rh]. The first-order chi connectivity index (χ1) is 15.9. The van der Waals surface area contributed by atoms with Crippen LogP contribution in [0.25, 0.3) is 0 Å². The van der Waals surface area contributed by atoms with E-state index in [1.54, 1.807) is 0 Å². The minimum Gasteiger partial charge on any atom is -0.418 e. The molecule has 3 aliphatic heterocycles. The number of allylic oxidation sites excluding steroid dienone is 4. The summed E-state index contributed by atoms with van der Waals surface area (Å²) in [6.45, 7) is 8.96. The van der Waals surface area contributed by atoms with Crippen LogP contribution in [0.3, 0.4) is 0 Å². The molecule has 0 aromatic heterocycles. The Morgan fingerprint density at radius 2 is 1.00 bits per heavy atom.